The first kappa shape index (κ1) is 7.12. The summed E-state index contributed by atoms with van der Waals surface area (Å²) >= 11 is 0. The van der Waals surface area contributed by atoms with Gasteiger partial charge in [-0.05, 0) is 43.7 Å². The van der Waals surface area contributed by atoms with Gasteiger partial charge in [0.15, 0.2) is 0 Å². The maximum Gasteiger partial charge on any atom is 0.0624 e. The smallest absolute Gasteiger partial charge is 0.0624 e. The van der Waals surface area contributed by atoms with Crippen molar-refractivity contribution >= 4 is 0 Å². The minimum atomic E-state index is 0.720. The van der Waals surface area contributed by atoms with Gasteiger partial charge in [0.05, 0.1) is 6.07 Å². The molecular weight excluding hydrogens is 136 g/mol. The van der Waals surface area contributed by atoms with Gasteiger partial charge < -0.3 is 5.32 Å². The molecule has 2 atom stereocenters. The van der Waals surface area contributed by atoms with Crippen molar-refractivity contribution in [2.24, 2.45) is 17.8 Å². The predicted molar refractivity (Wildman–Crippen MR) is 42.8 cm³/mol. The van der Waals surface area contributed by atoms with Crippen LogP contribution in [0.1, 0.15) is 19.3 Å². The first-order valence-electron chi connectivity index (χ1n) is 4.48. The third-order valence-electron chi connectivity index (χ3n) is 3.13. The Balaban J connectivity index is 1.90. The average molecular weight is 150 g/mol. The van der Waals surface area contributed by atoms with Crippen LogP contribution >= 0.6 is 0 Å². The molecule has 1 heterocycles. The van der Waals surface area contributed by atoms with Gasteiger partial charge >= 0.3 is 0 Å². The van der Waals surface area contributed by atoms with Crippen molar-refractivity contribution in [2.75, 3.05) is 13.1 Å². The summed E-state index contributed by atoms with van der Waals surface area (Å²) < 4.78 is 0. The topological polar surface area (TPSA) is 35.8 Å². The third kappa shape index (κ3) is 1.25. The van der Waals surface area contributed by atoms with Crippen LogP contribution in [0.15, 0.2) is 0 Å². The second-order valence-electron chi connectivity index (χ2n) is 3.88. The van der Waals surface area contributed by atoms with E-state index in [-0.39, 0.29) is 0 Å². The van der Waals surface area contributed by atoms with Gasteiger partial charge in [-0.15, -0.1) is 0 Å². The van der Waals surface area contributed by atoms with E-state index in [9.17, 15) is 0 Å². The zero-order chi connectivity index (χ0) is 7.68. The molecule has 1 saturated carbocycles. The van der Waals surface area contributed by atoms with Crippen LogP contribution in [-0.4, -0.2) is 13.1 Å². The fourth-order valence-electron chi connectivity index (χ4n) is 2.59. The Morgan fingerprint density at radius 1 is 1.27 bits per heavy atom. The van der Waals surface area contributed by atoms with Crippen molar-refractivity contribution in [1.82, 2.24) is 5.32 Å². The zero-order valence-electron chi connectivity index (χ0n) is 6.71. The monoisotopic (exact) mass is 150 g/mol. The Kier molecular flexibility index (Phi) is 1.83. The van der Waals surface area contributed by atoms with Gasteiger partial charge in [0.1, 0.15) is 0 Å². The van der Waals surface area contributed by atoms with Gasteiger partial charge in [0, 0.05) is 6.42 Å². The number of rotatable bonds is 1. The lowest BCUT2D eigenvalue weighted by molar-refractivity contribution is 0.494. The van der Waals surface area contributed by atoms with Crippen LogP contribution in [0.4, 0.5) is 0 Å². The van der Waals surface area contributed by atoms with Crippen LogP contribution in [0, 0.1) is 29.1 Å². The Morgan fingerprint density at radius 2 is 1.91 bits per heavy atom. The Labute approximate surface area is 67.6 Å². The standard InChI is InChI=1S/C9H14N2/c10-2-1-7-3-8-5-11-6-9(8)4-7/h7-9,11H,1,3-6H2. The molecule has 60 valence electrons. The van der Waals surface area contributed by atoms with Crippen LogP contribution in [0.3, 0.4) is 0 Å². The molecule has 2 fully saturated rings. The molecule has 0 aromatic carbocycles. The Morgan fingerprint density at radius 3 is 2.45 bits per heavy atom. The van der Waals surface area contributed by atoms with Crippen molar-refractivity contribution < 1.29 is 0 Å². The molecule has 0 bridgehead atoms. The molecule has 2 rings (SSSR count). The highest BCUT2D eigenvalue weighted by molar-refractivity contribution is 4.93. The average Bonchev–Trinajstić information content (AvgIpc) is 2.46. The molecule has 2 unspecified atom stereocenters. The molecule has 1 saturated heterocycles. The molecule has 1 aliphatic heterocycles. The molecule has 0 radical (unpaired) electrons. The molecular formula is C9H14N2. The first-order valence-corrected chi connectivity index (χ1v) is 4.48. The van der Waals surface area contributed by atoms with E-state index in [0.717, 1.165) is 24.2 Å². The molecule has 0 aromatic rings. The molecule has 1 aliphatic carbocycles. The van der Waals surface area contributed by atoms with Crippen LogP contribution in [0.25, 0.3) is 0 Å². The van der Waals surface area contributed by atoms with Crippen molar-refractivity contribution in [3.63, 3.8) is 0 Å². The van der Waals surface area contributed by atoms with Crippen LogP contribution in [-0.2, 0) is 0 Å². The molecule has 0 spiro atoms. The van der Waals surface area contributed by atoms with Crippen LogP contribution in [0.5, 0.6) is 0 Å². The lowest BCUT2D eigenvalue weighted by Crippen LogP contribution is -2.11. The summed E-state index contributed by atoms with van der Waals surface area (Å²) in [5.41, 5.74) is 0. The quantitative estimate of drug-likeness (QED) is 0.608. The molecule has 2 aliphatic rings. The number of nitrogens with zero attached hydrogens (tertiary/aromatic N) is 1. The second kappa shape index (κ2) is 2.83. The summed E-state index contributed by atoms with van der Waals surface area (Å²) in [6.45, 7) is 2.40. The fourth-order valence-corrected chi connectivity index (χ4v) is 2.59. The zero-order valence-corrected chi connectivity index (χ0v) is 6.71. The van der Waals surface area contributed by atoms with Crippen molar-refractivity contribution in [1.29, 1.82) is 5.26 Å². The highest BCUT2D eigenvalue weighted by atomic mass is 14.9. The van der Waals surface area contributed by atoms with E-state index in [4.69, 9.17) is 5.26 Å². The summed E-state index contributed by atoms with van der Waals surface area (Å²) in [6, 6.07) is 2.28. The van der Waals surface area contributed by atoms with Crippen molar-refractivity contribution in [3.8, 4) is 6.07 Å². The fraction of sp³-hybridized carbons (Fsp3) is 0.889. The van der Waals surface area contributed by atoms with E-state index < -0.39 is 0 Å². The van der Waals surface area contributed by atoms with Gasteiger partial charge in [-0.25, -0.2) is 0 Å². The number of nitrogens with one attached hydrogen (secondary N) is 1. The summed E-state index contributed by atoms with van der Waals surface area (Å²) in [5.74, 6) is 2.51. The number of hydrogen-bond donors (Lipinski definition) is 1. The van der Waals surface area contributed by atoms with Crippen LogP contribution < -0.4 is 5.32 Å². The van der Waals surface area contributed by atoms with Crippen molar-refractivity contribution in [3.05, 3.63) is 0 Å². The molecule has 1 N–H and O–H groups in total. The number of fused-ring (bicyclic) bond motifs is 1. The van der Waals surface area contributed by atoms with Crippen LogP contribution in [0.2, 0.25) is 0 Å². The summed E-state index contributed by atoms with van der Waals surface area (Å²) in [4.78, 5) is 0. The van der Waals surface area contributed by atoms with Gasteiger partial charge in [-0.2, -0.15) is 5.26 Å². The summed E-state index contributed by atoms with van der Waals surface area (Å²) in [5, 5.41) is 11.9. The minimum Gasteiger partial charge on any atom is -0.316 e. The lowest BCUT2D eigenvalue weighted by Gasteiger charge is -2.04. The molecule has 0 amide bonds. The maximum atomic E-state index is 8.52. The molecule has 11 heavy (non-hydrogen) atoms. The maximum absolute atomic E-state index is 8.52. The van der Waals surface area contributed by atoms with Gasteiger partial charge in [0.2, 0.25) is 0 Å². The highest BCUT2D eigenvalue weighted by Crippen LogP contribution is 2.39. The largest absolute Gasteiger partial charge is 0.316 e. The SMILES string of the molecule is N#CCC1CC2CNCC2C1. The minimum absolute atomic E-state index is 0.720. The van der Waals surface area contributed by atoms with E-state index in [2.05, 4.69) is 11.4 Å². The molecule has 2 nitrogen and oxygen atoms in total. The summed E-state index contributed by atoms with van der Waals surface area (Å²) in [6.07, 6.45) is 3.38. The number of hydrogen-bond acceptors (Lipinski definition) is 2. The van der Waals surface area contributed by atoms with E-state index in [1.807, 2.05) is 0 Å². The third-order valence-corrected chi connectivity index (χ3v) is 3.13. The normalized spacial score (nSPS) is 41.9. The van der Waals surface area contributed by atoms with E-state index in [0.29, 0.717) is 0 Å². The first-order chi connectivity index (χ1) is 5.40. The van der Waals surface area contributed by atoms with Gasteiger partial charge in [0.25, 0.3) is 0 Å². The number of nitriles is 1. The van der Waals surface area contributed by atoms with E-state index in [1.54, 1.807) is 0 Å². The van der Waals surface area contributed by atoms with E-state index >= 15 is 0 Å². The Hall–Kier alpha value is -0.550. The highest BCUT2D eigenvalue weighted by Gasteiger charge is 2.36. The molecule has 0 aromatic heterocycles. The summed E-state index contributed by atoms with van der Waals surface area (Å²) in [7, 11) is 0. The van der Waals surface area contributed by atoms with Gasteiger partial charge in [-0.1, -0.05) is 0 Å². The van der Waals surface area contributed by atoms with Crippen molar-refractivity contribution in [2.45, 2.75) is 19.3 Å². The Bertz CT molecular complexity index is 170. The van der Waals surface area contributed by atoms with E-state index in [1.165, 1.54) is 25.9 Å². The van der Waals surface area contributed by atoms with Gasteiger partial charge in [-0.3, -0.25) is 0 Å². The molecule has 2 heteroatoms. The lowest BCUT2D eigenvalue weighted by atomic mass is 10.0. The predicted octanol–water partition coefficient (Wildman–Crippen LogP) is 1.15. The second-order valence-corrected chi connectivity index (χ2v) is 3.88.